The Balaban J connectivity index is 1.33. The lowest BCUT2D eigenvalue weighted by Gasteiger charge is -2.43. The standard InChI is InChI=1S/C18H20ClN3O/c19-15-5-3-13(4-6-15)8-18(23)22-10-14-9-21(17(14)12-22)11-16-2-1-7-20-16/h1-7,14,17,20H,8-12H2/t14-,17-/m0/s1. The fourth-order valence-corrected chi connectivity index (χ4v) is 3.83. The number of benzene rings is 1. The van der Waals surface area contributed by atoms with Crippen LogP contribution in [0.25, 0.3) is 0 Å². The predicted molar refractivity (Wildman–Crippen MR) is 90.2 cm³/mol. The molecule has 0 bridgehead atoms. The van der Waals surface area contributed by atoms with Gasteiger partial charge in [0.15, 0.2) is 0 Å². The zero-order chi connectivity index (χ0) is 15.8. The number of carbonyl (C=O) groups is 1. The smallest absolute Gasteiger partial charge is 0.227 e. The van der Waals surface area contributed by atoms with Gasteiger partial charge in [-0.05, 0) is 29.8 Å². The molecular formula is C18H20ClN3O. The van der Waals surface area contributed by atoms with Gasteiger partial charge in [-0.25, -0.2) is 0 Å². The van der Waals surface area contributed by atoms with Gasteiger partial charge in [-0.1, -0.05) is 23.7 Å². The summed E-state index contributed by atoms with van der Waals surface area (Å²) in [4.78, 5) is 20.3. The van der Waals surface area contributed by atoms with E-state index in [2.05, 4.69) is 16.0 Å². The molecule has 1 aromatic heterocycles. The zero-order valence-corrected chi connectivity index (χ0v) is 13.7. The van der Waals surface area contributed by atoms with Gasteiger partial charge in [-0.3, -0.25) is 9.69 Å². The summed E-state index contributed by atoms with van der Waals surface area (Å²) < 4.78 is 0. The highest BCUT2D eigenvalue weighted by Gasteiger charge is 2.46. The first-order chi connectivity index (χ1) is 11.2. The third-order valence-electron chi connectivity index (χ3n) is 5.00. The molecule has 0 unspecified atom stereocenters. The van der Waals surface area contributed by atoms with Crippen LogP contribution in [0.2, 0.25) is 5.02 Å². The van der Waals surface area contributed by atoms with Crippen LogP contribution in [0.3, 0.4) is 0 Å². The molecule has 1 aromatic carbocycles. The number of aromatic nitrogens is 1. The van der Waals surface area contributed by atoms with Gasteiger partial charge in [-0.2, -0.15) is 0 Å². The molecule has 1 amide bonds. The number of fused-ring (bicyclic) bond motifs is 1. The van der Waals surface area contributed by atoms with Crippen molar-refractivity contribution in [1.82, 2.24) is 14.8 Å². The fourth-order valence-electron chi connectivity index (χ4n) is 3.70. The summed E-state index contributed by atoms with van der Waals surface area (Å²) in [5, 5.41) is 0.709. The highest BCUT2D eigenvalue weighted by molar-refractivity contribution is 6.30. The second-order valence-electron chi connectivity index (χ2n) is 6.55. The zero-order valence-electron chi connectivity index (χ0n) is 12.9. The number of hydrogen-bond donors (Lipinski definition) is 1. The van der Waals surface area contributed by atoms with E-state index >= 15 is 0 Å². The number of aromatic amines is 1. The number of nitrogens with zero attached hydrogens (tertiary/aromatic N) is 2. The Bertz CT molecular complexity index is 683. The van der Waals surface area contributed by atoms with Gasteiger partial charge in [0.2, 0.25) is 5.91 Å². The topological polar surface area (TPSA) is 39.3 Å². The Kier molecular flexibility index (Phi) is 3.87. The summed E-state index contributed by atoms with van der Waals surface area (Å²) in [6.45, 7) is 3.80. The molecule has 2 aliphatic heterocycles. The van der Waals surface area contributed by atoms with Crippen molar-refractivity contribution < 1.29 is 4.79 Å². The Hall–Kier alpha value is -1.78. The average molecular weight is 330 g/mol. The van der Waals surface area contributed by atoms with Gasteiger partial charge >= 0.3 is 0 Å². The van der Waals surface area contributed by atoms with E-state index in [9.17, 15) is 4.79 Å². The highest BCUT2D eigenvalue weighted by atomic mass is 35.5. The number of rotatable bonds is 4. The SMILES string of the molecule is O=C(Cc1ccc(Cl)cc1)N1C[C@@H]2CN(Cc3ccc[nH]3)[C@H]2C1. The summed E-state index contributed by atoms with van der Waals surface area (Å²) in [5.74, 6) is 0.862. The van der Waals surface area contributed by atoms with Crippen molar-refractivity contribution >= 4 is 17.5 Å². The molecule has 4 rings (SSSR count). The van der Waals surface area contributed by atoms with Crippen LogP contribution in [0.1, 0.15) is 11.3 Å². The quantitative estimate of drug-likeness (QED) is 0.936. The molecule has 3 heterocycles. The number of H-pyrrole nitrogens is 1. The molecule has 23 heavy (non-hydrogen) atoms. The summed E-state index contributed by atoms with van der Waals surface area (Å²) in [6, 6.07) is 12.2. The van der Waals surface area contributed by atoms with E-state index in [4.69, 9.17) is 11.6 Å². The van der Waals surface area contributed by atoms with Gasteiger partial charge in [0.05, 0.1) is 6.42 Å². The molecule has 5 heteroatoms. The van der Waals surface area contributed by atoms with E-state index in [1.54, 1.807) is 0 Å². The van der Waals surface area contributed by atoms with Crippen molar-refractivity contribution in [2.45, 2.75) is 19.0 Å². The maximum absolute atomic E-state index is 12.5. The number of amides is 1. The van der Waals surface area contributed by atoms with Crippen molar-refractivity contribution in [2.75, 3.05) is 19.6 Å². The second kappa shape index (κ2) is 6.02. The molecule has 2 aliphatic rings. The van der Waals surface area contributed by atoms with E-state index in [1.807, 2.05) is 41.4 Å². The Morgan fingerprint density at radius 2 is 2.00 bits per heavy atom. The lowest BCUT2D eigenvalue weighted by Crippen LogP contribution is -2.54. The van der Waals surface area contributed by atoms with Crippen molar-refractivity contribution in [1.29, 1.82) is 0 Å². The minimum absolute atomic E-state index is 0.224. The van der Waals surface area contributed by atoms with Crippen LogP contribution in [0, 0.1) is 5.92 Å². The molecule has 0 spiro atoms. The summed E-state index contributed by atoms with van der Waals surface area (Å²) in [6.07, 6.45) is 2.43. The molecule has 4 nitrogen and oxygen atoms in total. The maximum Gasteiger partial charge on any atom is 0.227 e. The minimum Gasteiger partial charge on any atom is -0.364 e. The van der Waals surface area contributed by atoms with E-state index in [0.29, 0.717) is 23.4 Å². The number of carbonyl (C=O) groups excluding carboxylic acids is 1. The fraction of sp³-hybridized carbons (Fsp3) is 0.389. The van der Waals surface area contributed by atoms with Crippen molar-refractivity contribution in [3.05, 3.63) is 58.9 Å². The summed E-state index contributed by atoms with van der Waals surface area (Å²) >= 11 is 5.89. The first-order valence-electron chi connectivity index (χ1n) is 8.07. The second-order valence-corrected chi connectivity index (χ2v) is 6.99. The molecule has 2 fully saturated rings. The minimum atomic E-state index is 0.224. The molecule has 0 radical (unpaired) electrons. The number of nitrogens with one attached hydrogen (secondary N) is 1. The summed E-state index contributed by atoms with van der Waals surface area (Å²) in [7, 11) is 0. The van der Waals surface area contributed by atoms with E-state index in [-0.39, 0.29) is 5.91 Å². The van der Waals surface area contributed by atoms with Crippen molar-refractivity contribution in [3.8, 4) is 0 Å². The van der Waals surface area contributed by atoms with E-state index < -0.39 is 0 Å². The molecule has 2 aromatic rings. The third kappa shape index (κ3) is 3.01. The first-order valence-corrected chi connectivity index (χ1v) is 8.45. The predicted octanol–water partition coefficient (Wildman–Crippen LogP) is 2.55. The van der Waals surface area contributed by atoms with Gasteiger partial charge < -0.3 is 9.88 Å². The Morgan fingerprint density at radius 1 is 1.17 bits per heavy atom. The highest BCUT2D eigenvalue weighted by Crippen LogP contribution is 2.33. The van der Waals surface area contributed by atoms with Crippen LogP contribution in [-0.2, 0) is 17.8 Å². The van der Waals surface area contributed by atoms with Crippen LogP contribution in [0.15, 0.2) is 42.6 Å². The van der Waals surface area contributed by atoms with Crippen molar-refractivity contribution in [3.63, 3.8) is 0 Å². The monoisotopic (exact) mass is 329 g/mol. The van der Waals surface area contributed by atoms with Crippen LogP contribution in [0.4, 0.5) is 0 Å². The van der Waals surface area contributed by atoms with Crippen LogP contribution >= 0.6 is 11.6 Å². The van der Waals surface area contributed by atoms with Gasteiger partial charge in [0.1, 0.15) is 0 Å². The van der Waals surface area contributed by atoms with Gasteiger partial charge in [0, 0.05) is 55.1 Å². The molecule has 0 aliphatic carbocycles. The number of halogens is 1. The lowest BCUT2D eigenvalue weighted by atomic mass is 9.92. The first kappa shape index (κ1) is 14.8. The van der Waals surface area contributed by atoms with Crippen molar-refractivity contribution in [2.24, 2.45) is 5.92 Å². The number of likely N-dealkylation sites (tertiary alicyclic amines) is 2. The molecule has 0 saturated carbocycles. The normalized spacial score (nSPS) is 23.6. The Morgan fingerprint density at radius 3 is 2.74 bits per heavy atom. The molecule has 2 atom stereocenters. The van der Waals surface area contributed by atoms with E-state index in [1.165, 1.54) is 5.69 Å². The largest absolute Gasteiger partial charge is 0.364 e. The van der Waals surface area contributed by atoms with Gasteiger partial charge in [-0.15, -0.1) is 0 Å². The number of hydrogen-bond acceptors (Lipinski definition) is 2. The molecule has 2 saturated heterocycles. The Labute approximate surface area is 141 Å². The summed E-state index contributed by atoms with van der Waals surface area (Å²) in [5.41, 5.74) is 2.27. The molecule has 120 valence electrons. The average Bonchev–Trinajstić information content (AvgIpc) is 3.15. The molecular weight excluding hydrogens is 310 g/mol. The third-order valence-corrected chi connectivity index (χ3v) is 5.25. The van der Waals surface area contributed by atoms with Crippen LogP contribution in [-0.4, -0.2) is 46.4 Å². The van der Waals surface area contributed by atoms with Gasteiger partial charge in [0.25, 0.3) is 0 Å². The van der Waals surface area contributed by atoms with E-state index in [0.717, 1.165) is 31.7 Å². The lowest BCUT2D eigenvalue weighted by molar-refractivity contribution is -0.129. The molecule has 1 N–H and O–H groups in total. The maximum atomic E-state index is 12.5. The van der Waals surface area contributed by atoms with Crippen LogP contribution < -0.4 is 0 Å². The van der Waals surface area contributed by atoms with Crippen LogP contribution in [0.5, 0.6) is 0 Å².